The van der Waals surface area contributed by atoms with E-state index in [1.165, 1.54) is 0 Å². The lowest BCUT2D eigenvalue weighted by Gasteiger charge is -2.39. The van der Waals surface area contributed by atoms with Gasteiger partial charge in [0.05, 0.1) is 7.11 Å². The summed E-state index contributed by atoms with van der Waals surface area (Å²) in [4.78, 5) is 16.8. The maximum atomic E-state index is 12.6. The smallest absolute Gasteiger partial charge is 0.317 e. The third-order valence-electron chi connectivity index (χ3n) is 4.40. The van der Waals surface area contributed by atoms with Crippen molar-refractivity contribution >= 4 is 11.7 Å². The average Bonchev–Trinajstić information content (AvgIpc) is 2.52. The van der Waals surface area contributed by atoms with E-state index in [0.29, 0.717) is 0 Å². The Labute approximate surface area is 152 Å². The molecule has 1 aliphatic heterocycles. The molecule has 5 nitrogen and oxygen atoms in total. The van der Waals surface area contributed by atoms with Gasteiger partial charge in [-0.05, 0) is 37.8 Å². The second kappa shape index (κ2) is 7.54. The number of carbonyl (C=O) groups excluding carboxylic acids is 1. The van der Waals surface area contributed by atoms with Crippen LogP contribution in [-0.2, 0) is 0 Å². The first-order chi connectivity index (χ1) is 11.6. The highest BCUT2D eigenvalue weighted by Crippen LogP contribution is 2.27. The monoisotopic (exact) mass is 347 g/mol. The van der Waals surface area contributed by atoms with Gasteiger partial charge >= 0.3 is 6.03 Å². The van der Waals surface area contributed by atoms with Crippen molar-refractivity contribution in [3.05, 3.63) is 24.3 Å². The number of piperazine rings is 1. The fourth-order valence-corrected chi connectivity index (χ4v) is 3.71. The van der Waals surface area contributed by atoms with Crippen LogP contribution < -0.4 is 15.0 Å². The summed E-state index contributed by atoms with van der Waals surface area (Å²) in [5.74, 6) is 0.863. The zero-order valence-electron chi connectivity index (χ0n) is 16.6. The maximum Gasteiger partial charge on any atom is 0.317 e. The van der Waals surface area contributed by atoms with Gasteiger partial charge in [0.1, 0.15) is 5.75 Å². The molecule has 0 spiro atoms. The molecule has 0 atom stereocenters. The second-order valence-corrected chi connectivity index (χ2v) is 8.73. The van der Waals surface area contributed by atoms with Crippen molar-refractivity contribution in [3.8, 4) is 5.75 Å². The Kier molecular flexibility index (Phi) is 5.86. The Morgan fingerprint density at radius 3 is 2.32 bits per heavy atom. The van der Waals surface area contributed by atoms with Crippen LogP contribution in [0.25, 0.3) is 0 Å². The van der Waals surface area contributed by atoms with Crippen molar-refractivity contribution in [1.29, 1.82) is 0 Å². The Morgan fingerprint density at radius 1 is 1.12 bits per heavy atom. The van der Waals surface area contributed by atoms with Gasteiger partial charge in [0, 0.05) is 43.5 Å². The third-order valence-corrected chi connectivity index (χ3v) is 4.40. The maximum absolute atomic E-state index is 12.6. The summed E-state index contributed by atoms with van der Waals surface area (Å²) in [6.07, 6.45) is 0.940. The number of anilines is 1. The molecule has 1 aliphatic rings. The van der Waals surface area contributed by atoms with Crippen LogP contribution >= 0.6 is 0 Å². The number of benzene rings is 1. The van der Waals surface area contributed by atoms with E-state index in [2.05, 4.69) is 50.9 Å². The lowest BCUT2D eigenvalue weighted by Crippen LogP contribution is -2.56. The highest BCUT2D eigenvalue weighted by atomic mass is 16.5. The number of carbonyl (C=O) groups is 1. The highest BCUT2D eigenvalue weighted by molar-refractivity contribution is 5.75. The minimum absolute atomic E-state index is 0.0412. The Balaban J connectivity index is 1.89. The third kappa shape index (κ3) is 5.83. The molecule has 0 saturated carbocycles. The van der Waals surface area contributed by atoms with Gasteiger partial charge in [-0.25, -0.2) is 4.79 Å². The van der Waals surface area contributed by atoms with Gasteiger partial charge in [0.15, 0.2) is 0 Å². The summed E-state index contributed by atoms with van der Waals surface area (Å²) in [6, 6.07) is 8.12. The molecule has 1 fully saturated rings. The van der Waals surface area contributed by atoms with Crippen LogP contribution in [0.3, 0.4) is 0 Å². The van der Waals surface area contributed by atoms with E-state index in [-0.39, 0.29) is 17.0 Å². The predicted octanol–water partition coefficient (Wildman–Crippen LogP) is 3.74. The van der Waals surface area contributed by atoms with Crippen molar-refractivity contribution in [2.75, 3.05) is 38.2 Å². The van der Waals surface area contributed by atoms with Crippen molar-refractivity contribution in [2.24, 2.45) is 5.41 Å². The van der Waals surface area contributed by atoms with Gasteiger partial charge in [-0.2, -0.15) is 0 Å². The van der Waals surface area contributed by atoms with E-state index in [1.807, 2.05) is 23.1 Å². The topological polar surface area (TPSA) is 44.8 Å². The van der Waals surface area contributed by atoms with Gasteiger partial charge in [-0.15, -0.1) is 0 Å². The number of ether oxygens (including phenoxy) is 1. The largest absolute Gasteiger partial charge is 0.497 e. The summed E-state index contributed by atoms with van der Waals surface area (Å²) >= 11 is 0. The van der Waals surface area contributed by atoms with E-state index in [0.717, 1.165) is 44.0 Å². The molecule has 2 amide bonds. The second-order valence-electron chi connectivity index (χ2n) is 8.73. The van der Waals surface area contributed by atoms with Gasteiger partial charge in [-0.1, -0.05) is 26.8 Å². The molecule has 5 heteroatoms. The van der Waals surface area contributed by atoms with Crippen molar-refractivity contribution in [3.63, 3.8) is 0 Å². The summed E-state index contributed by atoms with van der Waals surface area (Å²) in [5.41, 5.74) is 1.12. The van der Waals surface area contributed by atoms with Crippen LogP contribution in [0.15, 0.2) is 24.3 Å². The Morgan fingerprint density at radius 2 is 1.76 bits per heavy atom. The first-order valence-electron chi connectivity index (χ1n) is 9.06. The molecule has 1 aromatic carbocycles. The van der Waals surface area contributed by atoms with E-state index in [1.54, 1.807) is 7.11 Å². The predicted molar refractivity (Wildman–Crippen MR) is 103 cm³/mol. The van der Waals surface area contributed by atoms with Crippen molar-refractivity contribution in [2.45, 2.75) is 46.6 Å². The molecule has 0 unspecified atom stereocenters. The molecule has 0 radical (unpaired) electrons. The summed E-state index contributed by atoms with van der Waals surface area (Å²) in [7, 11) is 1.68. The lowest BCUT2D eigenvalue weighted by atomic mass is 9.82. The summed E-state index contributed by atoms with van der Waals surface area (Å²) < 4.78 is 5.30. The number of amides is 2. The minimum Gasteiger partial charge on any atom is -0.497 e. The zero-order chi connectivity index (χ0) is 18.7. The van der Waals surface area contributed by atoms with Crippen molar-refractivity contribution in [1.82, 2.24) is 10.2 Å². The van der Waals surface area contributed by atoms with Gasteiger partial charge < -0.3 is 19.9 Å². The van der Waals surface area contributed by atoms with Crippen LogP contribution in [-0.4, -0.2) is 49.8 Å². The van der Waals surface area contributed by atoms with Gasteiger partial charge in [0.25, 0.3) is 0 Å². The molecule has 1 N–H and O–H groups in total. The van der Waals surface area contributed by atoms with Crippen LogP contribution in [0.5, 0.6) is 5.75 Å². The van der Waals surface area contributed by atoms with Crippen molar-refractivity contribution < 1.29 is 9.53 Å². The van der Waals surface area contributed by atoms with Crippen LogP contribution in [0.4, 0.5) is 10.5 Å². The standard InChI is InChI=1S/C20H33N3O2/c1-19(2,3)15-20(4,5)21-18(24)23-12-10-22(11-13-23)16-8-7-9-17(14-16)25-6/h7-9,14H,10-13,15H2,1-6H3,(H,21,24). The van der Waals surface area contributed by atoms with Gasteiger partial charge in [-0.3, -0.25) is 0 Å². The van der Waals surface area contributed by atoms with Crippen LogP contribution in [0.2, 0.25) is 0 Å². The first-order valence-corrected chi connectivity index (χ1v) is 9.06. The quantitative estimate of drug-likeness (QED) is 0.902. The average molecular weight is 348 g/mol. The van der Waals surface area contributed by atoms with Crippen LogP contribution in [0, 0.1) is 5.41 Å². The molecular weight excluding hydrogens is 314 g/mol. The van der Waals surface area contributed by atoms with Crippen LogP contribution in [0.1, 0.15) is 41.0 Å². The van der Waals surface area contributed by atoms with E-state index in [4.69, 9.17) is 4.74 Å². The molecule has 25 heavy (non-hydrogen) atoms. The van der Waals surface area contributed by atoms with E-state index >= 15 is 0 Å². The van der Waals surface area contributed by atoms with E-state index in [9.17, 15) is 4.79 Å². The number of methoxy groups -OCH3 is 1. The molecule has 1 saturated heterocycles. The molecular formula is C20H33N3O2. The number of rotatable bonds is 4. The fourth-order valence-electron chi connectivity index (χ4n) is 3.71. The number of nitrogens with one attached hydrogen (secondary N) is 1. The Bertz CT molecular complexity index is 585. The number of hydrogen-bond acceptors (Lipinski definition) is 3. The molecule has 0 aromatic heterocycles. The fraction of sp³-hybridized carbons (Fsp3) is 0.650. The van der Waals surface area contributed by atoms with E-state index < -0.39 is 0 Å². The zero-order valence-corrected chi connectivity index (χ0v) is 16.6. The molecule has 140 valence electrons. The first kappa shape index (κ1) is 19.4. The number of urea groups is 1. The molecule has 0 aliphatic carbocycles. The number of hydrogen-bond donors (Lipinski definition) is 1. The summed E-state index contributed by atoms with van der Waals surface area (Å²) in [5, 5.41) is 3.20. The molecule has 1 aromatic rings. The molecule has 0 bridgehead atoms. The normalized spacial score (nSPS) is 15.9. The van der Waals surface area contributed by atoms with Gasteiger partial charge in [0.2, 0.25) is 0 Å². The SMILES string of the molecule is COc1cccc(N2CCN(C(=O)NC(C)(C)CC(C)(C)C)CC2)c1. The number of nitrogens with zero attached hydrogens (tertiary/aromatic N) is 2. The lowest BCUT2D eigenvalue weighted by molar-refractivity contribution is 0.172. The summed E-state index contributed by atoms with van der Waals surface area (Å²) in [6.45, 7) is 13.9. The molecule has 1 heterocycles. The minimum atomic E-state index is -0.209. The Hall–Kier alpha value is -1.91. The highest BCUT2D eigenvalue weighted by Gasteiger charge is 2.30. The molecule has 2 rings (SSSR count).